The Hall–Kier alpha value is -2.39. The summed E-state index contributed by atoms with van der Waals surface area (Å²) in [7, 11) is 0. The van der Waals surface area contributed by atoms with E-state index in [-0.39, 0.29) is 36.6 Å². The van der Waals surface area contributed by atoms with Crippen LogP contribution in [0.2, 0.25) is 10.0 Å². The summed E-state index contributed by atoms with van der Waals surface area (Å²) in [4.78, 5) is 31.4. The summed E-state index contributed by atoms with van der Waals surface area (Å²) in [5, 5.41) is 6.16. The predicted molar refractivity (Wildman–Crippen MR) is 125 cm³/mol. The van der Waals surface area contributed by atoms with Crippen LogP contribution in [0.1, 0.15) is 29.8 Å². The molecule has 1 saturated heterocycles. The first-order valence-electron chi connectivity index (χ1n) is 10.2. The third kappa shape index (κ3) is 5.50. The third-order valence-corrected chi connectivity index (χ3v) is 6.42. The number of hydrogen-bond donors (Lipinski definition) is 1. The molecule has 1 N–H and O–H groups in total. The van der Waals surface area contributed by atoms with E-state index in [0.717, 1.165) is 18.4 Å². The Morgan fingerprint density at radius 3 is 2.88 bits per heavy atom. The average molecular weight is 494 g/mol. The number of halogens is 2. The van der Waals surface area contributed by atoms with Gasteiger partial charge in [-0.1, -0.05) is 23.2 Å². The van der Waals surface area contributed by atoms with E-state index in [9.17, 15) is 9.59 Å². The minimum absolute atomic E-state index is 0.0388. The Morgan fingerprint density at radius 1 is 1.28 bits per heavy atom. The molecule has 2 aromatic heterocycles. The van der Waals surface area contributed by atoms with Crippen molar-refractivity contribution in [2.75, 3.05) is 24.6 Å². The van der Waals surface area contributed by atoms with Crippen molar-refractivity contribution in [1.82, 2.24) is 10.3 Å². The lowest BCUT2D eigenvalue weighted by Gasteiger charge is -2.23. The average Bonchev–Trinajstić information content (AvgIpc) is 3.54. The van der Waals surface area contributed by atoms with Gasteiger partial charge in [-0.05, 0) is 43.2 Å². The molecule has 0 radical (unpaired) electrons. The van der Waals surface area contributed by atoms with Crippen LogP contribution in [0.4, 0.5) is 5.13 Å². The highest BCUT2D eigenvalue weighted by Gasteiger charge is 2.26. The minimum atomic E-state index is -0.359. The number of carbonyl (C=O) groups is 2. The van der Waals surface area contributed by atoms with Crippen LogP contribution in [0.25, 0.3) is 11.3 Å². The molecule has 1 atom stereocenters. The van der Waals surface area contributed by atoms with Gasteiger partial charge >= 0.3 is 0 Å². The number of ether oxygens (including phenoxy) is 1. The van der Waals surface area contributed by atoms with Crippen LogP contribution in [0.3, 0.4) is 0 Å². The van der Waals surface area contributed by atoms with E-state index >= 15 is 0 Å². The molecular weight excluding hydrogens is 473 g/mol. The summed E-state index contributed by atoms with van der Waals surface area (Å²) in [6.07, 6.45) is 3.37. The highest BCUT2D eigenvalue weighted by atomic mass is 35.5. The molecule has 1 fully saturated rings. The minimum Gasteiger partial charge on any atom is -0.459 e. The Labute approximate surface area is 199 Å². The largest absolute Gasteiger partial charge is 0.459 e. The summed E-state index contributed by atoms with van der Waals surface area (Å²) in [5.41, 5.74) is 1.41. The zero-order valence-electron chi connectivity index (χ0n) is 17.1. The number of thiazole rings is 1. The van der Waals surface area contributed by atoms with Crippen LogP contribution in [0, 0.1) is 0 Å². The summed E-state index contributed by atoms with van der Waals surface area (Å²) in [5.74, 6) is -0.302. The first-order valence-corrected chi connectivity index (χ1v) is 11.8. The van der Waals surface area contributed by atoms with Crippen LogP contribution in [-0.2, 0) is 9.53 Å². The number of carbonyl (C=O) groups excluding carboxylic acids is 2. The van der Waals surface area contributed by atoms with Crippen LogP contribution in [0.15, 0.2) is 46.4 Å². The molecule has 1 unspecified atom stereocenters. The number of rotatable bonds is 8. The molecular formula is C22H21Cl2N3O4S. The van der Waals surface area contributed by atoms with E-state index in [0.29, 0.717) is 34.0 Å². The van der Waals surface area contributed by atoms with E-state index in [1.165, 1.54) is 17.6 Å². The molecule has 1 aliphatic rings. The van der Waals surface area contributed by atoms with Gasteiger partial charge in [0, 0.05) is 35.5 Å². The van der Waals surface area contributed by atoms with Gasteiger partial charge in [-0.25, -0.2) is 4.98 Å². The van der Waals surface area contributed by atoms with Gasteiger partial charge in [-0.2, -0.15) is 0 Å². The zero-order chi connectivity index (χ0) is 22.5. The molecule has 1 aliphatic heterocycles. The van der Waals surface area contributed by atoms with Crippen LogP contribution >= 0.6 is 34.5 Å². The van der Waals surface area contributed by atoms with E-state index in [4.69, 9.17) is 32.4 Å². The molecule has 0 saturated carbocycles. The third-order valence-electron chi connectivity index (χ3n) is 5.01. The summed E-state index contributed by atoms with van der Waals surface area (Å²) in [6.45, 7) is 1.28. The van der Waals surface area contributed by atoms with Gasteiger partial charge in [-0.3, -0.25) is 14.5 Å². The number of hydrogen-bond acceptors (Lipinski definition) is 6. The Morgan fingerprint density at radius 2 is 2.16 bits per heavy atom. The lowest BCUT2D eigenvalue weighted by atomic mass is 10.2. The molecule has 3 aromatic rings. The number of benzene rings is 1. The smallest absolute Gasteiger partial charge is 0.286 e. The number of anilines is 1. The normalized spacial score (nSPS) is 15.6. The molecule has 0 bridgehead atoms. The lowest BCUT2D eigenvalue weighted by molar-refractivity contribution is -0.118. The van der Waals surface area contributed by atoms with Gasteiger partial charge in [0.1, 0.15) is 0 Å². The van der Waals surface area contributed by atoms with Crippen LogP contribution in [0.5, 0.6) is 0 Å². The van der Waals surface area contributed by atoms with Crippen molar-refractivity contribution in [2.24, 2.45) is 0 Å². The standard InChI is InChI=1S/C22H21Cl2N3O4S/c23-14-5-6-16(17(24)11-14)18-13-32-22(26-18)27(12-15-3-1-9-30-15)20(28)7-8-25-21(29)19-4-2-10-31-19/h2,4-6,10-11,13,15H,1,3,7-9,12H2,(H,25,29). The van der Waals surface area contributed by atoms with Gasteiger partial charge < -0.3 is 14.5 Å². The number of amides is 2. The first-order chi connectivity index (χ1) is 15.5. The van der Waals surface area contributed by atoms with Crippen molar-refractivity contribution in [2.45, 2.75) is 25.4 Å². The zero-order valence-corrected chi connectivity index (χ0v) is 19.4. The maximum absolute atomic E-state index is 13.1. The van der Waals surface area contributed by atoms with E-state index in [1.54, 1.807) is 35.2 Å². The monoisotopic (exact) mass is 493 g/mol. The Balaban J connectivity index is 1.47. The van der Waals surface area contributed by atoms with Gasteiger partial charge in [0.05, 0.1) is 29.6 Å². The second kappa shape index (κ2) is 10.5. The fourth-order valence-electron chi connectivity index (χ4n) is 3.40. The Bertz CT molecular complexity index is 1080. The SMILES string of the molecule is O=C(NCCC(=O)N(CC1CCCO1)c1nc(-c2ccc(Cl)cc2Cl)cs1)c1ccco1. The molecule has 3 heterocycles. The van der Waals surface area contributed by atoms with Crippen molar-refractivity contribution >= 4 is 51.5 Å². The second-order valence-electron chi connectivity index (χ2n) is 7.26. The predicted octanol–water partition coefficient (Wildman–Crippen LogP) is 5.04. The van der Waals surface area contributed by atoms with Crippen molar-refractivity contribution < 1.29 is 18.7 Å². The van der Waals surface area contributed by atoms with Gasteiger partial charge in [0.2, 0.25) is 5.91 Å². The van der Waals surface area contributed by atoms with Crippen molar-refractivity contribution in [3.8, 4) is 11.3 Å². The van der Waals surface area contributed by atoms with E-state index < -0.39 is 0 Å². The summed E-state index contributed by atoms with van der Waals surface area (Å²) >= 11 is 13.7. The summed E-state index contributed by atoms with van der Waals surface area (Å²) in [6, 6.07) is 8.42. The van der Waals surface area contributed by atoms with Crippen LogP contribution < -0.4 is 10.2 Å². The number of aromatic nitrogens is 1. The van der Waals surface area contributed by atoms with Crippen molar-refractivity contribution in [1.29, 1.82) is 0 Å². The maximum Gasteiger partial charge on any atom is 0.286 e. The molecule has 7 nitrogen and oxygen atoms in total. The van der Waals surface area contributed by atoms with Crippen molar-refractivity contribution in [3.05, 3.63) is 57.8 Å². The molecule has 168 valence electrons. The molecule has 2 amide bonds. The second-order valence-corrected chi connectivity index (χ2v) is 8.94. The number of furan rings is 1. The lowest BCUT2D eigenvalue weighted by Crippen LogP contribution is -2.39. The molecule has 0 spiro atoms. The fourth-order valence-corrected chi connectivity index (χ4v) is 4.76. The maximum atomic E-state index is 13.1. The molecule has 32 heavy (non-hydrogen) atoms. The fraction of sp³-hybridized carbons (Fsp3) is 0.318. The highest BCUT2D eigenvalue weighted by Crippen LogP contribution is 2.34. The highest BCUT2D eigenvalue weighted by molar-refractivity contribution is 7.14. The van der Waals surface area contributed by atoms with E-state index in [2.05, 4.69) is 10.3 Å². The first kappa shape index (κ1) is 22.8. The molecule has 1 aromatic carbocycles. The molecule has 4 rings (SSSR count). The van der Waals surface area contributed by atoms with Crippen molar-refractivity contribution in [3.63, 3.8) is 0 Å². The summed E-state index contributed by atoms with van der Waals surface area (Å²) < 4.78 is 10.8. The topological polar surface area (TPSA) is 84.7 Å². The quantitative estimate of drug-likeness (QED) is 0.474. The Kier molecular flexibility index (Phi) is 7.47. The van der Waals surface area contributed by atoms with Gasteiger partial charge in [0.15, 0.2) is 10.9 Å². The molecule has 10 heteroatoms. The van der Waals surface area contributed by atoms with Gasteiger partial charge in [0.25, 0.3) is 5.91 Å². The molecule has 0 aliphatic carbocycles. The van der Waals surface area contributed by atoms with E-state index in [1.807, 2.05) is 5.38 Å². The number of nitrogens with zero attached hydrogens (tertiary/aromatic N) is 2. The number of nitrogens with one attached hydrogen (secondary N) is 1. The van der Waals surface area contributed by atoms with Crippen LogP contribution in [-0.4, -0.2) is 42.6 Å². The van der Waals surface area contributed by atoms with Gasteiger partial charge in [-0.15, -0.1) is 11.3 Å².